The Bertz CT molecular complexity index is 1220. The molecule has 1 aromatic rings. The SMILES string of the molecule is C=CCCC(=O)NC[C@@H](C)OC(=O)[C@@H]1[C@@H]2CC[C@]3(O2)[C@H](C(=O)N(CC=C)c2ccc(OC)cc2)N([C@@H](CC)CO)C(=O)[C@@H]13. The van der Waals surface area contributed by atoms with Gasteiger partial charge in [-0.3, -0.25) is 19.2 Å². The lowest BCUT2D eigenvalue weighted by atomic mass is 9.70. The maximum Gasteiger partial charge on any atom is 0.312 e. The quantitative estimate of drug-likeness (QED) is 0.233. The molecule has 234 valence electrons. The molecule has 3 saturated heterocycles. The fourth-order valence-electron chi connectivity index (χ4n) is 6.70. The van der Waals surface area contributed by atoms with Crippen LogP contribution in [0.4, 0.5) is 5.69 Å². The average Bonchev–Trinajstić information content (AvgIpc) is 3.66. The van der Waals surface area contributed by atoms with Crippen molar-refractivity contribution in [3.63, 3.8) is 0 Å². The number of aliphatic hydroxyl groups excluding tert-OH is 1. The Morgan fingerprint density at radius 1 is 1.26 bits per heavy atom. The predicted molar refractivity (Wildman–Crippen MR) is 159 cm³/mol. The number of likely N-dealkylation sites (tertiary alicyclic amines) is 1. The number of allylic oxidation sites excluding steroid dienone is 1. The molecular weight excluding hydrogens is 554 g/mol. The van der Waals surface area contributed by atoms with Crippen molar-refractivity contribution in [2.45, 2.75) is 75.8 Å². The summed E-state index contributed by atoms with van der Waals surface area (Å²) in [4.78, 5) is 57.3. The molecule has 3 aliphatic heterocycles. The number of aliphatic hydroxyl groups is 1. The van der Waals surface area contributed by atoms with Crippen LogP contribution in [0.15, 0.2) is 49.6 Å². The topological polar surface area (TPSA) is 135 Å². The zero-order valence-electron chi connectivity index (χ0n) is 25.2. The molecule has 0 radical (unpaired) electrons. The van der Waals surface area contributed by atoms with Crippen molar-refractivity contribution in [1.29, 1.82) is 0 Å². The molecule has 1 aromatic carbocycles. The summed E-state index contributed by atoms with van der Waals surface area (Å²) in [7, 11) is 1.55. The third-order valence-corrected chi connectivity index (χ3v) is 8.76. The Labute approximate surface area is 252 Å². The summed E-state index contributed by atoms with van der Waals surface area (Å²) in [5, 5.41) is 13.0. The Morgan fingerprint density at radius 2 is 1.98 bits per heavy atom. The highest BCUT2D eigenvalue weighted by molar-refractivity contribution is 6.04. The van der Waals surface area contributed by atoms with Gasteiger partial charge in [-0.05, 0) is 56.9 Å². The van der Waals surface area contributed by atoms with Crippen LogP contribution in [0.3, 0.4) is 0 Å². The maximum absolute atomic E-state index is 14.5. The Balaban J connectivity index is 1.63. The summed E-state index contributed by atoms with van der Waals surface area (Å²) in [5.74, 6) is -2.78. The lowest BCUT2D eigenvalue weighted by Gasteiger charge is -2.39. The number of amides is 3. The minimum absolute atomic E-state index is 0.123. The number of ether oxygens (including phenoxy) is 3. The van der Waals surface area contributed by atoms with Crippen molar-refractivity contribution in [2.24, 2.45) is 11.8 Å². The zero-order chi connectivity index (χ0) is 31.3. The summed E-state index contributed by atoms with van der Waals surface area (Å²) in [6.45, 7) is 10.9. The molecule has 2 N–H and O–H groups in total. The number of esters is 1. The highest BCUT2D eigenvalue weighted by Crippen LogP contribution is 2.59. The van der Waals surface area contributed by atoms with Gasteiger partial charge < -0.3 is 34.4 Å². The summed E-state index contributed by atoms with van der Waals surface area (Å²) < 4.78 is 17.5. The second-order valence-electron chi connectivity index (χ2n) is 11.4. The van der Waals surface area contributed by atoms with Crippen LogP contribution in [0.5, 0.6) is 5.75 Å². The highest BCUT2D eigenvalue weighted by Gasteiger charge is 2.75. The van der Waals surface area contributed by atoms with Crippen molar-refractivity contribution in [3.05, 3.63) is 49.6 Å². The number of carbonyl (C=O) groups is 4. The summed E-state index contributed by atoms with van der Waals surface area (Å²) in [6.07, 6.45) is 4.15. The van der Waals surface area contributed by atoms with Gasteiger partial charge >= 0.3 is 5.97 Å². The van der Waals surface area contributed by atoms with Crippen molar-refractivity contribution < 1.29 is 38.5 Å². The van der Waals surface area contributed by atoms with Crippen LogP contribution in [0, 0.1) is 11.8 Å². The fourth-order valence-corrected chi connectivity index (χ4v) is 6.70. The number of nitrogens with one attached hydrogen (secondary N) is 1. The Hall–Kier alpha value is -3.70. The van der Waals surface area contributed by atoms with Gasteiger partial charge in [0.15, 0.2) is 0 Å². The van der Waals surface area contributed by atoms with E-state index in [1.54, 1.807) is 50.5 Å². The van der Waals surface area contributed by atoms with Gasteiger partial charge in [0, 0.05) is 18.7 Å². The van der Waals surface area contributed by atoms with Crippen LogP contribution < -0.4 is 15.0 Å². The van der Waals surface area contributed by atoms with Gasteiger partial charge in [0.25, 0.3) is 5.91 Å². The van der Waals surface area contributed by atoms with E-state index in [9.17, 15) is 24.3 Å². The van der Waals surface area contributed by atoms with E-state index in [0.29, 0.717) is 37.1 Å². The van der Waals surface area contributed by atoms with E-state index in [2.05, 4.69) is 18.5 Å². The molecule has 0 unspecified atom stereocenters. The fraction of sp³-hybridized carbons (Fsp3) is 0.562. The van der Waals surface area contributed by atoms with Crippen molar-refractivity contribution in [1.82, 2.24) is 10.2 Å². The van der Waals surface area contributed by atoms with Gasteiger partial charge in [-0.1, -0.05) is 19.1 Å². The second-order valence-corrected chi connectivity index (χ2v) is 11.4. The molecule has 3 heterocycles. The third-order valence-electron chi connectivity index (χ3n) is 8.76. The lowest BCUT2D eigenvalue weighted by Crippen LogP contribution is -2.59. The molecule has 4 rings (SSSR count). The average molecular weight is 598 g/mol. The van der Waals surface area contributed by atoms with Crippen LogP contribution in [0.2, 0.25) is 0 Å². The highest BCUT2D eigenvalue weighted by atomic mass is 16.6. The molecule has 1 spiro atoms. The first kappa shape index (κ1) is 32.2. The first-order valence-electron chi connectivity index (χ1n) is 14.9. The number of rotatable bonds is 15. The molecule has 11 heteroatoms. The lowest BCUT2D eigenvalue weighted by molar-refractivity contribution is -0.159. The van der Waals surface area contributed by atoms with Crippen molar-refractivity contribution in [3.8, 4) is 5.75 Å². The number of fused-ring (bicyclic) bond motifs is 1. The second kappa shape index (κ2) is 13.7. The molecule has 2 bridgehead atoms. The first-order valence-corrected chi connectivity index (χ1v) is 14.9. The molecule has 0 aromatic heterocycles. The van der Waals surface area contributed by atoms with E-state index in [1.807, 2.05) is 6.92 Å². The minimum Gasteiger partial charge on any atom is -0.497 e. The van der Waals surface area contributed by atoms with E-state index >= 15 is 0 Å². The van der Waals surface area contributed by atoms with E-state index in [-0.39, 0.29) is 37.9 Å². The number of hydrogen-bond acceptors (Lipinski definition) is 8. The number of carbonyl (C=O) groups excluding carboxylic acids is 4. The number of methoxy groups -OCH3 is 1. The van der Waals surface area contributed by atoms with Crippen LogP contribution in [-0.4, -0.2) is 90.4 Å². The standard InChI is InChI=1S/C32H43N3O8/c1-6-9-10-25(37)33-18-20(4)42-31(40)26-24-15-16-32(43-24)27(26)29(38)35(21(8-3)19-36)28(32)30(39)34(17-7-2)22-11-13-23(41-5)14-12-22/h6-7,11-14,20-21,24,26-28,36H,1-2,8-10,15-19H2,3-5H3,(H,33,37)/t20-,21+,24+,26-,27-,28+,32-/m1/s1. The van der Waals surface area contributed by atoms with E-state index in [0.717, 1.165) is 0 Å². The maximum atomic E-state index is 14.5. The summed E-state index contributed by atoms with van der Waals surface area (Å²) in [6, 6.07) is 5.29. The van der Waals surface area contributed by atoms with Gasteiger partial charge in [0.2, 0.25) is 11.8 Å². The monoisotopic (exact) mass is 597 g/mol. The summed E-state index contributed by atoms with van der Waals surface area (Å²) in [5.41, 5.74) is -0.665. The van der Waals surface area contributed by atoms with E-state index < -0.39 is 53.6 Å². The molecule has 0 saturated carbocycles. The largest absolute Gasteiger partial charge is 0.497 e. The number of benzene rings is 1. The van der Waals surface area contributed by atoms with Gasteiger partial charge in [0.1, 0.15) is 23.5 Å². The van der Waals surface area contributed by atoms with Crippen LogP contribution >= 0.6 is 0 Å². The van der Waals surface area contributed by atoms with Gasteiger partial charge in [-0.15, -0.1) is 13.2 Å². The van der Waals surface area contributed by atoms with Crippen molar-refractivity contribution >= 4 is 29.4 Å². The van der Waals surface area contributed by atoms with Crippen LogP contribution in [0.25, 0.3) is 0 Å². The molecule has 0 aliphatic carbocycles. The van der Waals surface area contributed by atoms with Gasteiger partial charge in [-0.2, -0.15) is 0 Å². The first-order chi connectivity index (χ1) is 20.7. The molecule has 3 aliphatic rings. The van der Waals surface area contributed by atoms with E-state index in [4.69, 9.17) is 14.2 Å². The smallest absolute Gasteiger partial charge is 0.312 e. The molecular formula is C32H43N3O8. The predicted octanol–water partition coefficient (Wildman–Crippen LogP) is 2.37. The Morgan fingerprint density at radius 3 is 2.58 bits per heavy atom. The summed E-state index contributed by atoms with van der Waals surface area (Å²) >= 11 is 0. The number of hydrogen-bond donors (Lipinski definition) is 2. The zero-order valence-corrected chi connectivity index (χ0v) is 25.2. The Kier molecular flexibility index (Phi) is 10.3. The normalized spacial score (nSPS) is 26.8. The molecule has 3 amide bonds. The number of anilines is 1. The van der Waals surface area contributed by atoms with Crippen LogP contribution in [-0.2, 0) is 28.7 Å². The van der Waals surface area contributed by atoms with Gasteiger partial charge in [-0.25, -0.2) is 0 Å². The molecule has 11 nitrogen and oxygen atoms in total. The molecule has 7 atom stereocenters. The molecule has 3 fully saturated rings. The number of nitrogens with zero attached hydrogens (tertiary/aromatic N) is 2. The minimum atomic E-state index is -1.25. The third kappa shape index (κ3) is 6.05. The van der Waals surface area contributed by atoms with Crippen LogP contribution in [0.1, 0.15) is 46.0 Å². The van der Waals surface area contributed by atoms with E-state index in [1.165, 1.54) is 9.80 Å². The molecule has 43 heavy (non-hydrogen) atoms. The van der Waals surface area contributed by atoms with Gasteiger partial charge in [0.05, 0.1) is 44.2 Å². The van der Waals surface area contributed by atoms with Crippen molar-refractivity contribution in [2.75, 3.05) is 31.7 Å².